The molecule has 2 rings (SSSR count). The van der Waals surface area contributed by atoms with Crippen molar-refractivity contribution < 1.29 is 22.6 Å². The Bertz CT molecular complexity index is 941. The van der Waals surface area contributed by atoms with Gasteiger partial charge in [0.1, 0.15) is 4.90 Å². The maximum absolute atomic E-state index is 13.1. The Balaban J connectivity index is 2.48. The van der Waals surface area contributed by atoms with E-state index in [1.54, 1.807) is 19.1 Å². The fraction of sp³-hybridized carbons (Fsp3) is 0.333. The van der Waals surface area contributed by atoms with Gasteiger partial charge in [-0.2, -0.15) is 4.31 Å². The zero-order chi connectivity index (χ0) is 21.1. The van der Waals surface area contributed by atoms with Crippen molar-refractivity contribution in [1.82, 2.24) is 4.31 Å². The minimum absolute atomic E-state index is 0.00209. The molecule has 28 heavy (non-hydrogen) atoms. The second-order valence-electron chi connectivity index (χ2n) is 5.66. The van der Waals surface area contributed by atoms with Crippen LogP contribution in [-0.4, -0.2) is 40.6 Å². The van der Waals surface area contributed by atoms with E-state index in [4.69, 9.17) is 49.0 Å². The van der Waals surface area contributed by atoms with E-state index in [9.17, 15) is 8.42 Å². The molecule has 2 aromatic rings. The van der Waals surface area contributed by atoms with E-state index >= 15 is 0 Å². The molecule has 0 fully saturated rings. The van der Waals surface area contributed by atoms with E-state index in [2.05, 4.69) is 0 Å². The monoisotopic (exact) mass is 467 g/mol. The highest BCUT2D eigenvalue weighted by atomic mass is 35.5. The third-order valence-electron chi connectivity index (χ3n) is 4.03. The van der Waals surface area contributed by atoms with Crippen LogP contribution in [0.25, 0.3) is 0 Å². The highest BCUT2D eigenvalue weighted by molar-refractivity contribution is 7.89. The van der Waals surface area contributed by atoms with Gasteiger partial charge in [-0.05, 0) is 29.8 Å². The van der Waals surface area contributed by atoms with Gasteiger partial charge in [-0.1, -0.05) is 41.7 Å². The number of hydrogen-bond acceptors (Lipinski definition) is 5. The second-order valence-corrected chi connectivity index (χ2v) is 8.79. The highest BCUT2D eigenvalue weighted by Gasteiger charge is 2.27. The molecule has 0 amide bonds. The van der Waals surface area contributed by atoms with Gasteiger partial charge in [0.15, 0.2) is 11.5 Å². The molecule has 0 radical (unpaired) electrons. The van der Waals surface area contributed by atoms with Crippen LogP contribution in [0.4, 0.5) is 0 Å². The van der Waals surface area contributed by atoms with E-state index in [1.165, 1.54) is 37.8 Å². The minimum atomic E-state index is -3.93. The van der Waals surface area contributed by atoms with Crippen LogP contribution in [0.2, 0.25) is 15.1 Å². The summed E-state index contributed by atoms with van der Waals surface area (Å²) in [6, 6.07) is 5.94. The van der Waals surface area contributed by atoms with Gasteiger partial charge >= 0.3 is 0 Å². The van der Waals surface area contributed by atoms with E-state index in [0.29, 0.717) is 22.8 Å². The van der Waals surface area contributed by atoms with Gasteiger partial charge in [0.05, 0.1) is 36.4 Å². The predicted molar refractivity (Wildman–Crippen MR) is 111 cm³/mol. The SMILES string of the molecule is CCN(Cc1cc(OC)c(OC)c(OC)c1)S(=O)(=O)c1cc(Cl)c(Cl)cc1Cl. The first-order valence-electron chi connectivity index (χ1n) is 8.13. The number of rotatable bonds is 8. The number of halogens is 3. The first kappa shape index (κ1) is 22.9. The lowest BCUT2D eigenvalue weighted by molar-refractivity contribution is 0.322. The van der Waals surface area contributed by atoms with Crippen molar-refractivity contribution >= 4 is 44.8 Å². The number of nitrogens with zero attached hydrogens (tertiary/aromatic N) is 1. The van der Waals surface area contributed by atoms with Crippen LogP contribution in [0, 0.1) is 0 Å². The molecule has 6 nitrogen and oxygen atoms in total. The van der Waals surface area contributed by atoms with Gasteiger partial charge in [0, 0.05) is 13.1 Å². The lowest BCUT2D eigenvalue weighted by Crippen LogP contribution is -2.30. The van der Waals surface area contributed by atoms with Gasteiger partial charge in [0.25, 0.3) is 0 Å². The Morgan fingerprint density at radius 1 is 0.857 bits per heavy atom. The summed E-state index contributed by atoms with van der Waals surface area (Å²) in [5.41, 5.74) is 0.649. The highest BCUT2D eigenvalue weighted by Crippen LogP contribution is 2.39. The lowest BCUT2D eigenvalue weighted by Gasteiger charge is -2.22. The summed E-state index contributed by atoms with van der Waals surface area (Å²) in [4.78, 5) is -0.113. The fourth-order valence-corrected chi connectivity index (χ4v) is 5.05. The maximum Gasteiger partial charge on any atom is 0.244 e. The van der Waals surface area contributed by atoms with Crippen molar-refractivity contribution in [3.8, 4) is 17.2 Å². The summed E-state index contributed by atoms with van der Waals surface area (Å²) < 4.78 is 43.5. The standard InChI is InChI=1S/C18H20Cl3NO5S/c1-5-22(28(23,24)17-9-13(20)12(19)8-14(17)21)10-11-6-15(25-2)18(27-4)16(7-11)26-3/h6-9H,5,10H2,1-4H3. The molecule has 0 atom stereocenters. The molecule has 10 heteroatoms. The molecule has 154 valence electrons. The fourth-order valence-electron chi connectivity index (χ4n) is 2.64. The molecule has 0 N–H and O–H groups in total. The van der Waals surface area contributed by atoms with Crippen LogP contribution in [0.1, 0.15) is 12.5 Å². The molecule has 0 bridgehead atoms. The largest absolute Gasteiger partial charge is 0.493 e. The number of methoxy groups -OCH3 is 3. The van der Waals surface area contributed by atoms with Crippen LogP contribution >= 0.6 is 34.8 Å². The van der Waals surface area contributed by atoms with E-state index in [1.807, 2.05) is 0 Å². The van der Waals surface area contributed by atoms with Crippen LogP contribution < -0.4 is 14.2 Å². The van der Waals surface area contributed by atoms with Crippen LogP contribution in [0.3, 0.4) is 0 Å². The Hall–Kier alpha value is -1.38. The van der Waals surface area contributed by atoms with Crippen molar-refractivity contribution in [3.63, 3.8) is 0 Å². The van der Waals surface area contributed by atoms with E-state index in [0.717, 1.165) is 0 Å². The molecular weight excluding hydrogens is 449 g/mol. The van der Waals surface area contributed by atoms with Crippen molar-refractivity contribution in [2.45, 2.75) is 18.4 Å². The van der Waals surface area contributed by atoms with Gasteiger partial charge in [-0.25, -0.2) is 8.42 Å². The van der Waals surface area contributed by atoms with E-state index < -0.39 is 10.0 Å². The molecule has 0 unspecified atom stereocenters. The summed E-state index contributed by atoms with van der Waals surface area (Å²) in [7, 11) is 0.548. The van der Waals surface area contributed by atoms with Crippen molar-refractivity contribution in [3.05, 3.63) is 44.9 Å². The smallest absolute Gasteiger partial charge is 0.244 e. The second kappa shape index (κ2) is 9.41. The third kappa shape index (κ3) is 4.60. The summed E-state index contributed by atoms with van der Waals surface area (Å²) >= 11 is 18.0. The quantitative estimate of drug-likeness (QED) is 0.516. The molecule has 2 aromatic carbocycles. The molecule has 0 saturated carbocycles. The molecule has 0 aromatic heterocycles. The predicted octanol–water partition coefficient (Wildman–Crippen LogP) is 4.88. The Morgan fingerprint density at radius 3 is 1.86 bits per heavy atom. The van der Waals surface area contributed by atoms with Crippen molar-refractivity contribution in [2.75, 3.05) is 27.9 Å². The first-order chi connectivity index (χ1) is 13.2. The zero-order valence-corrected chi connectivity index (χ0v) is 18.8. The molecular formula is C18H20Cl3NO5S. The average Bonchev–Trinajstić information content (AvgIpc) is 2.67. The normalized spacial score (nSPS) is 11.6. The Labute approximate surface area is 179 Å². The summed E-state index contributed by atoms with van der Waals surface area (Å²) in [6.45, 7) is 1.99. The topological polar surface area (TPSA) is 65.1 Å². The van der Waals surface area contributed by atoms with E-state index in [-0.39, 0.29) is 33.1 Å². The summed E-state index contributed by atoms with van der Waals surface area (Å²) in [6.07, 6.45) is 0. The molecule has 0 saturated heterocycles. The van der Waals surface area contributed by atoms with Gasteiger partial charge < -0.3 is 14.2 Å². The number of ether oxygens (including phenoxy) is 3. The van der Waals surface area contributed by atoms with Crippen molar-refractivity contribution in [1.29, 1.82) is 0 Å². The average molecular weight is 469 g/mol. The maximum atomic E-state index is 13.1. The summed E-state index contributed by atoms with van der Waals surface area (Å²) in [5.74, 6) is 1.28. The summed E-state index contributed by atoms with van der Waals surface area (Å²) in [5, 5.41) is 0.282. The molecule has 0 aliphatic rings. The van der Waals surface area contributed by atoms with Gasteiger partial charge in [-0.3, -0.25) is 0 Å². The number of hydrogen-bond donors (Lipinski definition) is 0. The first-order valence-corrected chi connectivity index (χ1v) is 10.7. The van der Waals surface area contributed by atoms with Crippen molar-refractivity contribution in [2.24, 2.45) is 0 Å². The zero-order valence-electron chi connectivity index (χ0n) is 15.8. The lowest BCUT2D eigenvalue weighted by atomic mass is 10.2. The number of benzene rings is 2. The van der Waals surface area contributed by atoms with Gasteiger partial charge in [0.2, 0.25) is 15.8 Å². The molecule has 0 aliphatic heterocycles. The number of sulfonamides is 1. The molecule has 0 aliphatic carbocycles. The Kier molecular flexibility index (Phi) is 7.70. The van der Waals surface area contributed by atoms with Crippen LogP contribution in [0.5, 0.6) is 17.2 Å². The third-order valence-corrected chi connectivity index (χ3v) is 7.14. The minimum Gasteiger partial charge on any atom is -0.493 e. The Morgan fingerprint density at radius 2 is 1.39 bits per heavy atom. The van der Waals surface area contributed by atoms with Crippen LogP contribution in [0.15, 0.2) is 29.2 Å². The van der Waals surface area contributed by atoms with Crippen LogP contribution in [-0.2, 0) is 16.6 Å². The molecule has 0 heterocycles. The molecule has 0 spiro atoms. The van der Waals surface area contributed by atoms with Gasteiger partial charge in [-0.15, -0.1) is 0 Å².